The Morgan fingerprint density at radius 3 is 1.90 bits per heavy atom. The van der Waals surface area contributed by atoms with Crippen LogP contribution in [0.3, 0.4) is 0 Å². The van der Waals surface area contributed by atoms with Crippen molar-refractivity contribution in [1.29, 1.82) is 0 Å². The highest BCUT2D eigenvalue weighted by molar-refractivity contribution is 6.30. The van der Waals surface area contributed by atoms with Crippen LogP contribution in [0.4, 0.5) is 0 Å². The van der Waals surface area contributed by atoms with E-state index in [2.05, 4.69) is 11.8 Å². The van der Waals surface area contributed by atoms with Crippen molar-refractivity contribution in [3.05, 3.63) is 34.9 Å². The van der Waals surface area contributed by atoms with E-state index < -0.39 is 5.60 Å². The number of likely N-dealkylation sites (tertiary alicyclic amines) is 1. The minimum Gasteiger partial charge on any atom is -0.385 e. The van der Waals surface area contributed by atoms with Crippen LogP contribution in [0.5, 0.6) is 0 Å². The topological polar surface area (TPSA) is 23.5 Å². The molecule has 116 valence electrons. The van der Waals surface area contributed by atoms with Crippen molar-refractivity contribution < 1.29 is 5.11 Å². The molecule has 0 aromatic heterocycles. The van der Waals surface area contributed by atoms with Crippen molar-refractivity contribution >= 4 is 11.6 Å². The molecule has 0 amide bonds. The van der Waals surface area contributed by atoms with E-state index in [4.69, 9.17) is 11.6 Å². The number of aliphatic hydroxyl groups is 1. The largest absolute Gasteiger partial charge is 0.385 e. The number of rotatable bonds is 2. The first kappa shape index (κ1) is 19.4. The summed E-state index contributed by atoms with van der Waals surface area (Å²) in [6, 6.07) is 7.57. The predicted molar refractivity (Wildman–Crippen MR) is 89.4 cm³/mol. The molecule has 3 heteroatoms. The van der Waals surface area contributed by atoms with Crippen LogP contribution in [0, 0.1) is 0 Å². The van der Waals surface area contributed by atoms with Gasteiger partial charge in [0.15, 0.2) is 0 Å². The van der Waals surface area contributed by atoms with Crippen LogP contribution in [-0.2, 0) is 5.60 Å². The van der Waals surface area contributed by atoms with Gasteiger partial charge in [-0.15, -0.1) is 0 Å². The molecule has 1 aromatic carbocycles. The number of nitrogens with zero attached hydrogens (tertiary/aromatic N) is 1. The molecule has 1 N–H and O–H groups in total. The Bertz CT molecular complexity index is 343. The number of piperidine rings is 1. The summed E-state index contributed by atoms with van der Waals surface area (Å²) in [6.07, 6.45) is 1.62. The van der Waals surface area contributed by atoms with Crippen molar-refractivity contribution in [2.24, 2.45) is 0 Å². The van der Waals surface area contributed by atoms with E-state index in [1.807, 2.05) is 52.0 Å². The van der Waals surface area contributed by atoms with Crippen molar-refractivity contribution in [2.75, 3.05) is 19.6 Å². The lowest BCUT2D eigenvalue weighted by molar-refractivity contribution is -0.0246. The standard InChI is InChI=1S/C13H18ClNO.2C2H6/c1-2-15-9-7-13(16,8-10-15)11-3-5-12(14)6-4-11;2*1-2/h3-6,16H,2,7-10H2,1H3;2*1-2H3. The zero-order valence-electron chi connectivity index (χ0n) is 13.6. The molecule has 0 radical (unpaired) electrons. The summed E-state index contributed by atoms with van der Waals surface area (Å²) in [5.74, 6) is 0. The number of hydrogen-bond donors (Lipinski definition) is 1. The van der Waals surface area contributed by atoms with Gasteiger partial charge in [-0.1, -0.05) is 58.4 Å². The van der Waals surface area contributed by atoms with Crippen molar-refractivity contribution in [3.63, 3.8) is 0 Å². The molecule has 1 fully saturated rings. The molecule has 0 saturated carbocycles. The monoisotopic (exact) mass is 299 g/mol. The molecule has 2 nitrogen and oxygen atoms in total. The van der Waals surface area contributed by atoms with Gasteiger partial charge in [-0.25, -0.2) is 0 Å². The normalized spacial score (nSPS) is 17.4. The fourth-order valence-corrected chi connectivity index (χ4v) is 2.41. The molecule has 20 heavy (non-hydrogen) atoms. The first-order valence-corrected chi connectivity index (χ1v) is 8.22. The van der Waals surface area contributed by atoms with Crippen molar-refractivity contribution in [2.45, 2.75) is 53.1 Å². The van der Waals surface area contributed by atoms with Gasteiger partial charge in [0.25, 0.3) is 0 Å². The summed E-state index contributed by atoms with van der Waals surface area (Å²) >= 11 is 5.85. The summed E-state index contributed by atoms with van der Waals surface area (Å²) in [4.78, 5) is 2.37. The molecular formula is C17H30ClNO. The Morgan fingerprint density at radius 2 is 1.50 bits per heavy atom. The maximum absolute atomic E-state index is 10.6. The van der Waals surface area contributed by atoms with Crippen molar-refractivity contribution in [3.8, 4) is 0 Å². The van der Waals surface area contributed by atoms with E-state index in [1.165, 1.54) is 0 Å². The van der Waals surface area contributed by atoms with Gasteiger partial charge in [-0.2, -0.15) is 0 Å². The zero-order valence-corrected chi connectivity index (χ0v) is 14.4. The molecule has 2 rings (SSSR count). The summed E-state index contributed by atoms with van der Waals surface area (Å²) in [5.41, 5.74) is 0.337. The fraction of sp³-hybridized carbons (Fsp3) is 0.647. The van der Waals surface area contributed by atoms with Crippen LogP contribution in [0.25, 0.3) is 0 Å². The number of benzene rings is 1. The predicted octanol–water partition coefficient (Wildman–Crippen LogP) is 4.70. The SMILES string of the molecule is CC.CC.CCN1CCC(O)(c2ccc(Cl)cc2)CC1. The maximum atomic E-state index is 10.6. The van der Waals surface area contributed by atoms with Crippen LogP contribution >= 0.6 is 11.6 Å². The summed E-state index contributed by atoms with van der Waals surface area (Å²) in [5, 5.41) is 11.3. The van der Waals surface area contributed by atoms with Gasteiger partial charge in [0.1, 0.15) is 0 Å². The summed E-state index contributed by atoms with van der Waals surface area (Å²) < 4.78 is 0. The average molecular weight is 300 g/mol. The van der Waals surface area contributed by atoms with Crippen LogP contribution in [0.1, 0.15) is 53.0 Å². The molecular weight excluding hydrogens is 270 g/mol. The highest BCUT2D eigenvalue weighted by Gasteiger charge is 2.33. The lowest BCUT2D eigenvalue weighted by Gasteiger charge is -2.38. The molecule has 1 saturated heterocycles. The van der Waals surface area contributed by atoms with Crippen molar-refractivity contribution in [1.82, 2.24) is 4.90 Å². The third-order valence-electron chi connectivity index (χ3n) is 3.51. The Morgan fingerprint density at radius 1 is 1.05 bits per heavy atom. The van der Waals surface area contributed by atoms with E-state index in [0.717, 1.165) is 43.1 Å². The Balaban J connectivity index is 0.000000829. The summed E-state index contributed by atoms with van der Waals surface area (Å²) in [7, 11) is 0. The zero-order chi connectivity index (χ0) is 15.6. The lowest BCUT2D eigenvalue weighted by atomic mass is 9.84. The van der Waals surface area contributed by atoms with Gasteiger partial charge in [0.2, 0.25) is 0 Å². The second kappa shape index (κ2) is 10.2. The molecule has 0 bridgehead atoms. The van der Waals surface area contributed by atoms with Gasteiger partial charge in [0.05, 0.1) is 5.60 Å². The van der Waals surface area contributed by atoms with E-state index in [-0.39, 0.29) is 0 Å². The minimum absolute atomic E-state index is 0.656. The minimum atomic E-state index is -0.656. The lowest BCUT2D eigenvalue weighted by Crippen LogP contribution is -2.42. The Labute approximate surface area is 129 Å². The van der Waals surface area contributed by atoms with E-state index in [0.29, 0.717) is 0 Å². The second-order valence-corrected chi connectivity index (χ2v) is 4.91. The van der Waals surface area contributed by atoms with Gasteiger partial charge >= 0.3 is 0 Å². The maximum Gasteiger partial charge on any atom is 0.0920 e. The van der Waals surface area contributed by atoms with Gasteiger partial charge in [-0.05, 0) is 37.1 Å². The highest BCUT2D eigenvalue weighted by Crippen LogP contribution is 2.33. The Kier molecular flexibility index (Phi) is 9.91. The van der Waals surface area contributed by atoms with Crippen LogP contribution in [0.15, 0.2) is 24.3 Å². The molecule has 0 unspecified atom stereocenters. The van der Waals surface area contributed by atoms with Gasteiger partial charge in [0, 0.05) is 18.1 Å². The first-order chi connectivity index (χ1) is 9.64. The molecule has 1 heterocycles. The third-order valence-corrected chi connectivity index (χ3v) is 3.76. The molecule has 0 spiro atoms. The molecule has 0 aliphatic carbocycles. The van der Waals surface area contributed by atoms with E-state index >= 15 is 0 Å². The fourth-order valence-electron chi connectivity index (χ4n) is 2.29. The van der Waals surface area contributed by atoms with Crippen LogP contribution in [0.2, 0.25) is 5.02 Å². The third kappa shape index (κ3) is 5.43. The van der Waals surface area contributed by atoms with Gasteiger partial charge in [-0.3, -0.25) is 0 Å². The number of halogens is 1. The van der Waals surface area contributed by atoms with E-state index in [9.17, 15) is 5.11 Å². The highest BCUT2D eigenvalue weighted by atomic mass is 35.5. The smallest absolute Gasteiger partial charge is 0.0920 e. The van der Waals surface area contributed by atoms with Crippen LogP contribution < -0.4 is 0 Å². The van der Waals surface area contributed by atoms with Crippen LogP contribution in [-0.4, -0.2) is 29.6 Å². The average Bonchev–Trinajstić information content (AvgIpc) is 2.52. The summed E-state index contributed by atoms with van der Waals surface area (Å²) in [6.45, 7) is 13.2. The molecule has 1 aliphatic heterocycles. The molecule has 1 aliphatic rings. The van der Waals surface area contributed by atoms with E-state index in [1.54, 1.807) is 0 Å². The molecule has 0 atom stereocenters. The Hall–Kier alpha value is -0.570. The quantitative estimate of drug-likeness (QED) is 0.856. The second-order valence-electron chi connectivity index (χ2n) is 4.47. The molecule has 1 aromatic rings. The first-order valence-electron chi connectivity index (χ1n) is 7.85. The van der Waals surface area contributed by atoms with Gasteiger partial charge < -0.3 is 10.0 Å². The number of hydrogen-bond acceptors (Lipinski definition) is 2.